The van der Waals surface area contributed by atoms with Crippen LogP contribution in [0.5, 0.6) is 0 Å². The van der Waals surface area contributed by atoms with Crippen LogP contribution in [0.15, 0.2) is 0 Å². The van der Waals surface area contributed by atoms with E-state index >= 15 is 0 Å². The lowest BCUT2D eigenvalue weighted by molar-refractivity contribution is 0.127. The average molecular weight is 276 g/mol. The molecule has 2 unspecified atom stereocenters. The van der Waals surface area contributed by atoms with Crippen molar-refractivity contribution < 1.29 is 8.42 Å². The van der Waals surface area contributed by atoms with Crippen molar-refractivity contribution in [3.8, 4) is 0 Å². The van der Waals surface area contributed by atoms with E-state index < -0.39 is 9.84 Å². The third-order valence-corrected chi connectivity index (χ3v) is 4.63. The standard InChI is InChI=1S/C13H28N2O2S/c1-4-8-14-12(2)13-7-5-6-9-15(13)10-11-18(3,16)17/h12-14H,4-11H2,1-3H3. The predicted octanol–water partition coefficient (Wildman–Crippen LogP) is 1.27. The zero-order chi connectivity index (χ0) is 13.6. The lowest BCUT2D eigenvalue weighted by Gasteiger charge is -2.39. The fraction of sp³-hybridized carbons (Fsp3) is 1.00. The fourth-order valence-electron chi connectivity index (χ4n) is 2.65. The number of hydrogen-bond acceptors (Lipinski definition) is 4. The Morgan fingerprint density at radius 3 is 2.72 bits per heavy atom. The SMILES string of the molecule is CCCNC(C)C1CCCCN1CCS(C)(=O)=O. The molecule has 0 aromatic heterocycles. The van der Waals surface area contributed by atoms with Crippen molar-refractivity contribution in [1.29, 1.82) is 0 Å². The van der Waals surface area contributed by atoms with Crippen LogP contribution in [0.3, 0.4) is 0 Å². The lowest BCUT2D eigenvalue weighted by atomic mass is 9.96. The molecule has 1 N–H and O–H groups in total. The van der Waals surface area contributed by atoms with Crippen molar-refractivity contribution in [3.63, 3.8) is 0 Å². The van der Waals surface area contributed by atoms with Crippen LogP contribution in [-0.2, 0) is 9.84 Å². The molecule has 5 heteroatoms. The molecule has 1 heterocycles. The van der Waals surface area contributed by atoms with Gasteiger partial charge in [0, 0.05) is 24.9 Å². The third kappa shape index (κ3) is 5.67. The van der Waals surface area contributed by atoms with E-state index in [0.717, 1.165) is 19.5 Å². The zero-order valence-electron chi connectivity index (χ0n) is 12.0. The second kappa shape index (κ2) is 7.46. The van der Waals surface area contributed by atoms with Gasteiger partial charge in [0.15, 0.2) is 0 Å². The van der Waals surface area contributed by atoms with Gasteiger partial charge in [-0.2, -0.15) is 0 Å². The molecule has 4 nitrogen and oxygen atoms in total. The number of nitrogens with zero attached hydrogens (tertiary/aromatic N) is 1. The minimum absolute atomic E-state index is 0.282. The predicted molar refractivity (Wildman–Crippen MR) is 76.7 cm³/mol. The molecule has 1 saturated heterocycles. The molecule has 0 spiro atoms. The van der Waals surface area contributed by atoms with Gasteiger partial charge in [-0.25, -0.2) is 8.42 Å². The number of nitrogens with one attached hydrogen (secondary N) is 1. The molecule has 1 aliphatic heterocycles. The first kappa shape index (κ1) is 15.9. The Balaban J connectivity index is 2.50. The van der Waals surface area contributed by atoms with Gasteiger partial charge in [0.2, 0.25) is 0 Å². The van der Waals surface area contributed by atoms with E-state index in [-0.39, 0.29) is 5.75 Å². The molecule has 1 aliphatic rings. The van der Waals surface area contributed by atoms with Gasteiger partial charge in [-0.05, 0) is 39.3 Å². The van der Waals surface area contributed by atoms with E-state index in [2.05, 4.69) is 24.1 Å². The average Bonchev–Trinajstić information content (AvgIpc) is 2.33. The Morgan fingerprint density at radius 2 is 2.11 bits per heavy atom. The topological polar surface area (TPSA) is 49.4 Å². The molecule has 0 radical (unpaired) electrons. The number of piperidine rings is 1. The summed E-state index contributed by atoms with van der Waals surface area (Å²) >= 11 is 0. The first-order valence-electron chi connectivity index (χ1n) is 7.09. The van der Waals surface area contributed by atoms with Gasteiger partial charge in [0.1, 0.15) is 9.84 Å². The minimum atomic E-state index is -2.85. The van der Waals surface area contributed by atoms with E-state index in [4.69, 9.17) is 0 Å². The van der Waals surface area contributed by atoms with Crippen molar-refractivity contribution in [2.24, 2.45) is 0 Å². The number of rotatable bonds is 7. The van der Waals surface area contributed by atoms with Gasteiger partial charge in [0.25, 0.3) is 0 Å². The van der Waals surface area contributed by atoms with Crippen molar-refractivity contribution in [1.82, 2.24) is 10.2 Å². The normalized spacial score (nSPS) is 24.1. The highest BCUT2D eigenvalue weighted by atomic mass is 32.2. The third-order valence-electron chi connectivity index (χ3n) is 3.71. The summed E-state index contributed by atoms with van der Waals surface area (Å²) in [5.41, 5.74) is 0. The number of sulfone groups is 1. The van der Waals surface area contributed by atoms with Crippen molar-refractivity contribution in [3.05, 3.63) is 0 Å². The van der Waals surface area contributed by atoms with Crippen LogP contribution in [0.4, 0.5) is 0 Å². The molecule has 0 aromatic rings. The van der Waals surface area contributed by atoms with Crippen LogP contribution in [0.1, 0.15) is 39.5 Å². The molecular weight excluding hydrogens is 248 g/mol. The van der Waals surface area contributed by atoms with Crippen LogP contribution in [-0.4, -0.2) is 57.0 Å². The Kier molecular flexibility index (Phi) is 6.60. The molecule has 2 atom stereocenters. The van der Waals surface area contributed by atoms with E-state index in [9.17, 15) is 8.42 Å². The van der Waals surface area contributed by atoms with Crippen LogP contribution >= 0.6 is 0 Å². The molecule has 0 aliphatic carbocycles. The molecule has 0 saturated carbocycles. The lowest BCUT2D eigenvalue weighted by Crippen LogP contribution is -2.52. The largest absolute Gasteiger partial charge is 0.313 e. The van der Waals surface area contributed by atoms with Gasteiger partial charge in [-0.3, -0.25) is 4.90 Å². The highest BCUT2D eigenvalue weighted by Gasteiger charge is 2.27. The fourth-order valence-corrected chi connectivity index (χ4v) is 3.22. The summed E-state index contributed by atoms with van der Waals surface area (Å²) in [4.78, 5) is 2.36. The molecule has 0 bridgehead atoms. The smallest absolute Gasteiger partial charge is 0.148 e. The summed E-state index contributed by atoms with van der Waals surface area (Å²) < 4.78 is 22.6. The Bertz CT molecular complexity index is 330. The van der Waals surface area contributed by atoms with Gasteiger partial charge < -0.3 is 5.32 Å². The summed E-state index contributed by atoms with van der Waals surface area (Å²) in [7, 11) is -2.85. The van der Waals surface area contributed by atoms with Crippen LogP contribution in [0, 0.1) is 0 Å². The van der Waals surface area contributed by atoms with E-state index in [1.165, 1.54) is 25.5 Å². The summed E-state index contributed by atoms with van der Waals surface area (Å²) in [6.45, 7) is 7.15. The first-order chi connectivity index (χ1) is 8.44. The van der Waals surface area contributed by atoms with Crippen molar-refractivity contribution in [2.75, 3.05) is 31.6 Å². The Labute approximate surface area is 112 Å². The van der Waals surface area contributed by atoms with Gasteiger partial charge >= 0.3 is 0 Å². The molecule has 0 aromatic carbocycles. The van der Waals surface area contributed by atoms with E-state index in [1.807, 2.05) is 0 Å². The molecule has 1 rings (SSSR count). The quantitative estimate of drug-likeness (QED) is 0.761. The summed E-state index contributed by atoms with van der Waals surface area (Å²) in [6, 6.07) is 0.942. The molecule has 18 heavy (non-hydrogen) atoms. The molecular formula is C13H28N2O2S. The summed E-state index contributed by atoms with van der Waals surface area (Å²) in [6.07, 6.45) is 6.10. The van der Waals surface area contributed by atoms with Crippen molar-refractivity contribution in [2.45, 2.75) is 51.6 Å². The summed E-state index contributed by atoms with van der Waals surface area (Å²) in [5.74, 6) is 0.282. The maximum absolute atomic E-state index is 11.3. The highest BCUT2D eigenvalue weighted by molar-refractivity contribution is 7.90. The van der Waals surface area contributed by atoms with Gasteiger partial charge in [0.05, 0.1) is 5.75 Å². The Morgan fingerprint density at radius 1 is 1.39 bits per heavy atom. The monoisotopic (exact) mass is 276 g/mol. The van der Waals surface area contributed by atoms with Crippen LogP contribution in [0.2, 0.25) is 0 Å². The van der Waals surface area contributed by atoms with E-state index in [0.29, 0.717) is 18.6 Å². The van der Waals surface area contributed by atoms with Gasteiger partial charge in [-0.1, -0.05) is 13.3 Å². The zero-order valence-corrected chi connectivity index (χ0v) is 12.8. The van der Waals surface area contributed by atoms with Crippen LogP contribution < -0.4 is 5.32 Å². The second-order valence-corrected chi connectivity index (χ2v) is 7.73. The van der Waals surface area contributed by atoms with Crippen LogP contribution in [0.25, 0.3) is 0 Å². The van der Waals surface area contributed by atoms with Gasteiger partial charge in [-0.15, -0.1) is 0 Å². The Hall–Kier alpha value is -0.130. The minimum Gasteiger partial charge on any atom is -0.313 e. The second-order valence-electron chi connectivity index (χ2n) is 5.47. The molecule has 0 amide bonds. The maximum atomic E-state index is 11.3. The number of hydrogen-bond donors (Lipinski definition) is 1. The van der Waals surface area contributed by atoms with Crippen molar-refractivity contribution >= 4 is 9.84 Å². The number of likely N-dealkylation sites (tertiary alicyclic amines) is 1. The highest BCUT2D eigenvalue weighted by Crippen LogP contribution is 2.19. The first-order valence-corrected chi connectivity index (χ1v) is 9.15. The molecule has 1 fully saturated rings. The van der Waals surface area contributed by atoms with E-state index in [1.54, 1.807) is 0 Å². The molecule has 108 valence electrons. The summed E-state index contributed by atoms with van der Waals surface area (Å²) in [5, 5.41) is 3.54. The maximum Gasteiger partial charge on any atom is 0.148 e.